The Balaban J connectivity index is 0.000000245. The van der Waals surface area contributed by atoms with E-state index in [4.69, 9.17) is 11.2 Å². The van der Waals surface area contributed by atoms with E-state index in [0.29, 0.717) is 6.47 Å². The number of fused-ring (bicyclic) bond motifs is 1. The van der Waals surface area contributed by atoms with Gasteiger partial charge in [0.2, 0.25) is 0 Å². The summed E-state index contributed by atoms with van der Waals surface area (Å²) in [7, 11) is 1.31. The van der Waals surface area contributed by atoms with Gasteiger partial charge >= 0.3 is 0 Å². The first-order valence-corrected chi connectivity index (χ1v) is 5.52. The molecule has 1 saturated heterocycles. The smallest absolute Gasteiger partial charge is 0.292 e. The number of terminal acetylenes is 1. The second-order valence-corrected chi connectivity index (χ2v) is 4.05. The summed E-state index contributed by atoms with van der Waals surface area (Å²) in [5.41, 5.74) is 0. The highest BCUT2D eigenvalue weighted by atomic mass is 16.5. The molecule has 0 aromatic carbocycles. The fraction of sp³-hybridized carbons (Fsp3) is 0.750. The number of hydrogen-bond donors (Lipinski definition) is 0. The molecule has 2 rings (SSSR count). The Kier molecular flexibility index (Phi) is 5.03. The molecule has 1 heterocycles. The van der Waals surface area contributed by atoms with Crippen LogP contribution >= 0.6 is 0 Å². The lowest BCUT2D eigenvalue weighted by Gasteiger charge is -2.28. The van der Waals surface area contributed by atoms with Crippen LogP contribution in [0.5, 0.6) is 0 Å². The molecule has 2 fully saturated rings. The zero-order valence-electron chi connectivity index (χ0n) is 9.32. The molecule has 0 spiro atoms. The lowest BCUT2D eigenvalue weighted by molar-refractivity contribution is -0.126. The Labute approximate surface area is 91.8 Å². The quantitative estimate of drug-likeness (QED) is 0.485. The maximum Gasteiger partial charge on any atom is 0.292 e. The Hall–Kier alpha value is -1.17. The van der Waals surface area contributed by atoms with Gasteiger partial charge in [-0.05, 0) is 25.2 Å². The molecule has 0 aromatic rings. The average molecular weight is 209 g/mol. The topological polar surface area (TPSA) is 29.5 Å². The van der Waals surface area contributed by atoms with Gasteiger partial charge in [-0.2, -0.15) is 0 Å². The molecule has 0 N–H and O–H groups in total. The van der Waals surface area contributed by atoms with Gasteiger partial charge < -0.3 is 9.64 Å². The van der Waals surface area contributed by atoms with Crippen molar-refractivity contribution in [3.05, 3.63) is 0 Å². The lowest BCUT2D eigenvalue weighted by atomic mass is 9.85. The highest BCUT2D eigenvalue weighted by Crippen LogP contribution is 2.35. The average Bonchev–Trinajstić information content (AvgIpc) is 2.72. The maximum absolute atomic E-state index is 8.95. The summed E-state index contributed by atoms with van der Waals surface area (Å²) >= 11 is 0. The van der Waals surface area contributed by atoms with Crippen molar-refractivity contribution in [2.45, 2.75) is 38.1 Å². The zero-order valence-corrected chi connectivity index (χ0v) is 9.32. The molecular formula is C12H19NO2. The van der Waals surface area contributed by atoms with E-state index in [0.717, 1.165) is 18.5 Å². The van der Waals surface area contributed by atoms with Crippen molar-refractivity contribution in [2.24, 2.45) is 5.92 Å². The normalized spacial score (nSPS) is 28.1. The van der Waals surface area contributed by atoms with E-state index in [2.05, 4.69) is 15.7 Å². The van der Waals surface area contributed by atoms with Gasteiger partial charge in [-0.25, -0.2) is 0 Å². The summed E-state index contributed by atoms with van der Waals surface area (Å²) in [5, 5.41) is 0. The number of carbonyl (C=O) groups is 1. The first-order chi connectivity index (χ1) is 7.33. The molecule has 0 radical (unpaired) electrons. The molecule has 3 nitrogen and oxygen atoms in total. The lowest BCUT2D eigenvalue weighted by Crippen LogP contribution is -2.31. The molecule has 15 heavy (non-hydrogen) atoms. The van der Waals surface area contributed by atoms with E-state index in [1.807, 2.05) is 0 Å². The van der Waals surface area contributed by atoms with Crippen molar-refractivity contribution >= 4 is 6.47 Å². The van der Waals surface area contributed by atoms with E-state index in [1.165, 1.54) is 39.2 Å². The van der Waals surface area contributed by atoms with Crippen molar-refractivity contribution in [2.75, 3.05) is 13.7 Å². The van der Waals surface area contributed by atoms with Crippen LogP contribution in [0.3, 0.4) is 0 Å². The number of methoxy groups -OCH3 is 1. The molecule has 2 atom stereocenters. The highest BCUT2D eigenvalue weighted by Gasteiger charge is 2.34. The van der Waals surface area contributed by atoms with Crippen LogP contribution in [0.25, 0.3) is 0 Å². The van der Waals surface area contributed by atoms with Gasteiger partial charge in [-0.15, -0.1) is 0 Å². The van der Waals surface area contributed by atoms with Gasteiger partial charge in [0, 0.05) is 18.6 Å². The van der Waals surface area contributed by atoms with Gasteiger partial charge in [0.1, 0.15) is 0 Å². The number of carbonyl (C=O) groups excluding carboxylic acids is 1. The van der Waals surface area contributed by atoms with Crippen LogP contribution < -0.4 is 0 Å². The number of likely N-dealkylation sites (tertiary alicyclic amines) is 1. The maximum atomic E-state index is 8.95. The van der Waals surface area contributed by atoms with Crippen molar-refractivity contribution < 1.29 is 9.53 Å². The number of hydrogen-bond acceptors (Lipinski definition) is 3. The predicted molar refractivity (Wildman–Crippen MR) is 59.0 cm³/mol. The van der Waals surface area contributed by atoms with E-state index >= 15 is 0 Å². The molecule has 1 saturated carbocycles. The Morgan fingerprint density at radius 3 is 2.67 bits per heavy atom. The van der Waals surface area contributed by atoms with Crippen LogP contribution in [-0.2, 0) is 9.53 Å². The fourth-order valence-corrected chi connectivity index (χ4v) is 2.57. The number of nitrogens with zero attached hydrogens (tertiary/aromatic N) is 1. The van der Waals surface area contributed by atoms with Crippen LogP contribution in [0, 0.1) is 18.4 Å². The van der Waals surface area contributed by atoms with Gasteiger partial charge in [-0.1, -0.05) is 19.3 Å². The van der Waals surface area contributed by atoms with Crippen molar-refractivity contribution in [1.29, 1.82) is 0 Å². The first kappa shape index (κ1) is 11.9. The minimum absolute atomic E-state index is 0.375. The van der Waals surface area contributed by atoms with Gasteiger partial charge in [-0.3, -0.25) is 4.79 Å². The predicted octanol–water partition coefficient (Wildman–Crippen LogP) is 1.63. The first-order valence-electron chi connectivity index (χ1n) is 5.52. The standard InChI is InChI=1S/C10H15N.C2H4O2/c1-2-11-8-7-9-5-3-4-6-10(9)11;1-4-2-3/h1,9-10H,3-8H2;2H,1H3. The summed E-state index contributed by atoms with van der Waals surface area (Å²) in [5.74, 6) is 0.930. The van der Waals surface area contributed by atoms with Gasteiger partial charge in [0.15, 0.2) is 0 Å². The third kappa shape index (κ3) is 3.16. The molecule has 1 aliphatic carbocycles. The minimum atomic E-state index is 0.375. The largest absolute Gasteiger partial charge is 0.471 e. The van der Waals surface area contributed by atoms with Crippen LogP contribution in [0.2, 0.25) is 0 Å². The van der Waals surface area contributed by atoms with Gasteiger partial charge in [0.25, 0.3) is 6.47 Å². The Bertz CT molecular complexity index is 234. The Morgan fingerprint density at radius 2 is 2.07 bits per heavy atom. The molecule has 3 heteroatoms. The molecule has 0 amide bonds. The molecule has 1 aliphatic heterocycles. The third-order valence-corrected chi connectivity index (χ3v) is 3.27. The summed E-state index contributed by atoms with van der Waals surface area (Å²) in [6, 6.07) is 3.54. The summed E-state index contributed by atoms with van der Waals surface area (Å²) in [6.07, 6.45) is 12.3. The molecule has 2 aliphatic rings. The van der Waals surface area contributed by atoms with E-state index in [1.54, 1.807) is 0 Å². The minimum Gasteiger partial charge on any atom is -0.471 e. The molecule has 2 unspecified atom stereocenters. The number of ether oxygens (including phenoxy) is 1. The monoisotopic (exact) mass is 209 g/mol. The second kappa shape index (κ2) is 6.34. The zero-order chi connectivity index (χ0) is 11.1. The molecular weight excluding hydrogens is 190 g/mol. The number of rotatable bonds is 1. The van der Waals surface area contributed by atoms with Crippen LogP contribution in [0.1, 0.15) is 32.1 Å². The van der Waals surface area contributed by atoms with Crippen LogP contribution in [0.15, 0.2) is 0 Å². The third-order valence-electron chi connectivity index (χ3n) is 3.27. The molecule has 84 valence electrons. The fourth-order valence-electron chi connectivity index (χ4n) is 2.57. The van der Waals surface area contributed by atoms with Crippen molar-refractivity contribution in [3.8, 4) is 12.5 Å². The van der Waals surface area contributed by atoms with Crippen LogP contribution in [-0.4, -0.2) is 31.1 Å². The summed E-state index contributed by atoms with van der Waals surface area (Å²) in [6.45, 7) is 1.52. The van der Waals surface area contributed by atoms with Crippen LogP contribution in [0.4, 0.5) is 0 Å². The molecule has 0 aromatic heterocycles. The molecule has 0 bridgehead atoms. The van der Waals surface area contributed by atoms with E-state index in [9.17, 15) is 0 Å². The second-order valence-electron chi connectivity index (χ2n) is 4.05. The van der Waals surface area contributed by atoms with E-state index in [-0.39, 0.29) is 0 Å². The van der Waals surface area contributed by atoms with Crippen molar-refractivity contribution in [3.63, 3.8) is 0 Å². The highest BCUT2D eigenvalue weighted by molar-refractivity contribution is 5.36. The SMILES string of the molecule is C#CN1CCC2CCCCC21.COC=O. The Morgan fingerprint density at radius 1 is 1.40 bits per heavy atom. The van der Waals surface area contributed by atoms with Gasteiger partial charge in [0.05, 0.1) is 7.11 Å². The summed E-state index contributed by atoms with van der Waals surface area (Å²) < 4.78 is 3.86. The van der Waals surface area contributed by atoms with Crippen molar-refractivity contribution in [1.82, 2.24) is 4.90 Å². The van der Waals surface area contributed by atoms with E-state index < -0.39 is 0 Å². The summed E-state index contributed by atoms with van der Waals surface area (Å²) in [4.78, 5) is 11.2.